The Morgan fingerprint density at radius 2 is 2.26 bits per heavy atom. The van der Waals surface area contributed by atoms with Gasteiger partial charge in [-0.3, -0.25) is 4.68 Å². The molecule has 1 atom stereocenters. The zero-order chi connectivity index (χ0) is 13.8. The molecule has 1 aromatic heterocycles. The molecule has 2 rings (SSSR count). The van der Waals surface area contributed by atoms with Gasteiger partial charge in [0.05, 0.1) is 0 Å². The van der Waals surface area contributed by atoms with Gasteiger partial charge in [0, 0.05) is 27.6 Å². The van der Waals surface area contributed by atoms with Crippen molar-refractivity contribution in [2.45, 2.75) is 25.9 Å². The van der Waals surface area contributed by atoms with Crippen molar-refractivity contribution in [1.29, 1.82) is 0 Å². The number of rotatable bonds is 5. The highest BCUT2D eigenvalue weighted by Crippen LogP contribution is 2.25. The third-order valence-electron chi connectivity index (χ3n) is 3.06. The van der Waals surface area contributed by atoms with Crippen LogP contribution >= 0.6 is 34.2 Å². The average molecular weight is 391 g/mol. The second kappa shape index (κ2) is 6.67. The molecule has 0 amide bonds. The van der Waals surface area contributed by atoms with Crippen molar-refractivity contribution in [1.82, 2.24) is 20.1 Å². The molecule has 0 bridgehead atoms. The fraction of sp³-hybridized carbons (Fsp3) is 0.385. The fourth-order valence-corrected chi connectivity index (χ4v) is 2.93. The predicted molar refractivity (Wildman–Crippen MR) is 85.4 cm³/mol. The van der Waals surface area contributed by atoms with E-state index in [1.807, 2.05) is 29.9 Å². The van der Waals surface area contributed by atoms with Crippen LogP contribution in [0.1, 0.15) is 24.4 Å². The third kappa shape index (κ3) is 3.46. The number of hydrogen-bond donors (Lipinski definition) is 1. The van der Waals surface area contributed by atoms with Crippen molar-refractivity contribution in [3.05, 3.63) is 44.5 Å². The molecule has 102 valence electrons. The van der Waals surface area contributed by atoms with Crippen LogP contribution in [0.5, 0.6) is 0 Å². The molecule has 0 aliphatic rings. The molecular weight excluding hydrogens is 375 g/mol. The van der Waals surface area contributed by atoms with E-state index in [2.05, 4.69) is 44.9 Å². The van der Waals surface area contributed by atoms with Crippen LogP contribution in [-0.2, 0) is 13.0 Å². The summed E-state index contributed by atoms with van der Waals surface area (Å²) in [6.45, 7) is 2.90. The number of aryl methyl sites for hydroxylation is 1. The molecule has 19 heavy (non-hydrogen) atoms. The van der Waals surface area contributed by atoms with Gasteiger partial charge in [0.1, 0.15) is 12.2 Å². The molecule has 1 unspecified atom stereocenters. The van der Waals surface area contributed by atoms with Gasteiger partial charge in [-0.15, -0.1) is 0 Å². The lowest BCUT2D eigenvalue weighted by Gasteiger charge is -2.18. The van der Waals surface area contributed by atoms with Crippen molar-refractivity contribution < 1.29 is 0 Å². The number of likely N-dealkylation sites (N-methyl/N-ethyl adjacent to an activating group) is 1. The van der Waals surface area contributed by atoms with Crippen LogP contribution in [0.3, 0.4) is 0 Å². The largest absolute Gasteiger partial charge is 0.313 e. The van der Waals surface area contributed by atoms with Crippen molar-refractivity contribution in [3.63, 3.8) is 0 Å². The van der Waals surface area contributed by atoms with Gasteiger partial charge in [0.25, 0.3) is 0 Å². The van der Waals surface area contributed by atoms with Crippen LogP contribution in [0.4, 0.5) is 0 Å². The van der Waals surface area contributed by atoms with E-state index in [1.54, 1.807) is 6.33 Å². The smallest absolute Gasteiger partial charge is 0.138 e. The lowest BCUT2D eigenvalue weighted by molar-refractivity contribution is 0.532. The highest BCUT2D eigenvalue weighted by Gasteiger charge is 2.16. The zero-order valence-electron chi connectivity index (χ0n) is 10.9. The lowest BCUT2D eigenvalue weighted by Crippen LogP contribution is -2.22. The molecular formula is C13H16ClIN4. The first kappa shape index (κ1) is 14.7. The standard InChI is InChI=1S/C13H16ClIN4/c1-3-19-13(17-8-18-19)7-12(16-2)10-6-9(14)4-5-11(10)15/h4-6,8,12,16H,3,7H2,1-2H3. The molecule has 0 aliphatic heterocycles. The van der Waals surface area contributed by atoms with Gasteiger partial charge in [-0.05, 0) is 60.3 Å². The summed E-state index contributed by atoms with van der Waals surface area (Å²) in [4.78, 5) is 4.33. The SMILES string of the molecule is CCn1ncnc1CC(NC)c1cc(Cl)ccc1I. The normalized spacial score (nSPS) is 12.6. The predicted octanol–water partition coefficient (Wildman–Crippen LogP) is 3.06. The van der Waals surface area contributed by atoms with Gasteiger partial charge in [0.15, 0.2) is 0 Å². The Hall–Kier alpha value is -0.660. The quantitative estimate of drug-likeness (QED) is 0.798. The maximum atomic E-state index is 6.09. The summed E-state index contributed by atoms with van der Waals surface area (Å²) < 4.78 is 3.12. The van der Waals surface area contributed by atoms with Crippen LogP contribution in [0, 0.1) is 3.57 Å². The van der Waals surface area contributed by atoms with Crippen LogP contribution in [0.2, 0.25) is 5.02 Å². The molecule has 0 saturated carbocycles. The monoisotopic (exact) mass is 390 g/mol. The van der Waals surface area contributed by atoms with Crippen LogP contribution in [-0.4, -0.2) is 21.8 Å². The molecule has 1 heterocycles. The molecule has 0 saturated heterocycles. The molecule has 6 heteroatoms. The van der Waals surface area contributed by atoms with Gasteiger partial charge < -0.3 is 5.32 Å². The van der Waals surface area contributed by atoms with E-state index in [0.29, 0.717) is 0 Å². The Balaban J connectivity index is 2.27. The van der Waals surface area contributed by atoms with Crippen molar-refractivity contribution in [2.24, 2.45) is 0 Å². The first-order chi connectivity index (χ1) is 9.15. The number of aromatic nitrogens is 3. The van der Waals surface area contributed by atoms with E-state index in [9.17, 15) is 0 Å². The van der Waals surface area contributed by atoms with Gasteiger partial charge in [-0.25, -0.2) is 4.98 Å². The Kier molecular flexibility index (Phi) is 5.18. The molecule has 0 aliphatic carbocycles. The minimum absolute atomic E-state index is 0.181. The van der Waals surface area contributed by atoms with Gasteiger partial charge in [-0.2, -0.15) is 5.10 Å². The van der Waals surface area contributed by atoms with E-state index in [1.165, 1.54) is 9.13 Å². The van der Waals surface area contributed by atoms with Gasteiger partial charge >= 0.3 is 0 Å². The van der Waals surface area contributed by atoms with Crippen LogP contribution < -0.4 is 5.32 Å². The average Bonchev–Trinajstić information content (AvgIpc) is 2.86. The van der Waals surface area contributed by atoms with E-state index >= 15 is 0 Å². The highest BCUT2D eigenvalue weighted by atomic mass is 127. The number of nitrogens with one attached hydrogen (secondary N) is 1. The van der Waals surface area contributed by atoms with E-state index in [0.717, 1.165) is 23.8 Å². The van der Waals surface area contributed by atoms with Gasteiger partial charge in [-0.1, -0.05) is 11.6 Å². The first-order valence-corrected chi connectivity index (χ1v) is 7.60. The molecule has 0 radical (unpaired) electrons. The maximum absolute atomic E-state index is 6.09. The number of halogens is 2. The fourth-order valence-electron chi connectivity index (χ4n) is 2.04. The molecule has 1 aromatic carbocycles. The second-order valence-electron chi connectivity index (χ2n) is 4.20. The van der Waals surface area contributed by atoms with Crippen LogP contribution in [0.25, 0.3) is 0 Å². The number of hydrogen-bond acceptors (Lipinski definition) is 3. The second-order valence-corrected chi connectivity index (χ2v) is 5.80. The summed E-state index contributed by atoms with van der Waals surface area (Å²) in [5, 5.41) is 8.29. The lowest BCUT2D eigenvalue weighted by atomic mass is 10.0. The molecule has 4 nitrogen and oxygen atoms in total. The van der Waals surface area contributed by atoms with E-state index in [-0.39, 0.29) is 6.04 Å². The number of nitrogens with zero attached hydrogens (tertiary/aromatic N) is 3. The summed E-state index contributed by atoms with van der Waals surface area (Å²) in [6.07, 6.45) is 2.40. The minimum atomic E-state index is 0.181. The summed E-state index contributed by atoms with van der Waals surface area (Å²) in [6, 6.07) is 6.14. The highest BCUT2D eigenvalue weighted by molar-refractivity contribution is 14.1. The summed E-state index contributed by atoms with van der Waals surface area (Å²) in [5.41, 5.74) is 1.20. The molecule has 0 spiro atoms. The van der Waals surface area contributed by atoms with Crippen LogP contribution in [0.15, 0.2) is 24.5 Å². The van der Waals surface area contributed by atoms with E-state index < -0.39 is 0 Å². The summed E-state index contributed by atoms with van der Waals surface area (Å²) >= 11 is 8.43. The Bertz CT molecular complexity index is 555. The summed E-state index contributed by atoms with van der Waals surface area (Å²) in [5.74, 6) is 0.984. The Labute approximate surface area is 131 Å². The van der Waals surface area contributed by atoms with Crippen molar-refractivity contribution in [3.8, 4) is 0 Å². The Morgan fingerprint density at radius 1 is 1.47 bits per heavy atom. The third-order valence-corrected chi connectivity index (χ3v) is 4.28. The number of benzene rings is 1. The topological polar surface area (TPSA) is 42.7 Å². The van der Waals surface area contributed by atoms with E-state index in [4.69, 9.17) is 11.6 Å². The molecule has 1 N–H and O–H groups in total. The maximum Gasteiger partial charge on any atom is 0.138 e. The summed E-state index contributed by atoms with van der Waals surface area (Å²) in [7, 11) is 1.95. The van der Waals surface area contributed by atoms with Crippen molar-refractivity contribution in [2.75, 3.05) is 7.05 Å². The molecule has 2 aromatic rings. The zero-order valence-corrected chi connectivity index (χ0v) is 13.8. The minimum Gasteiger partial charge on any atom is -0.313 e. The molecule has 0 fully saturated rings. The van der Waals surface area contributed by atoms with Crippen molar-refractivity contribution >= 4 is 34.2 Å². The Morgan fingerprint density at radius 3 is 2.95 bits per heavy atom. The first-order valence-electron chi connectivity index (χ1n) is 6.14. The van der Waals surface area contributed by atoms with Gasteiger partial charge in [0.2, 0.25) is 0 Å².